The summed E-state index contributed by atoms with van der Waals surface area (Å²) in [4.78, 5) is 28.2. The molecule has 5 rings (SSSR count). The van der Waals surface area contributed by atoms with Crippen LogP contribution in [0.2, 0.25) is 0 Å². The van der Waals surface area contributed by atoms with E-state index < -0.39 is 0 Å². The molecule has 1 fully saturated rings. The van der Waals surface area contributed by atoms with Crippen molar-refractivity contribution in [2.45, 2.75) is 25.8 Å². The lowest BCUT2D eigenvalue weighted by atomic mass is 10.0. The second-order valence-corrected chi connectivity index (χ2v) is 9.26. The van der Waals surface area contributed by atoms with Gasteiger partial charge in [0.15, 0.2) is 0 Å². The van der Waals surface area contributed by atoms with Crippen molar-refractivity contribution in [2.24, 2.45) is 0 Å². The first-order valence-electron chi connectivity index (χ1n) is 11.0. The average Bonchev–Trinajstić information content (AvgIpc) is 3.46. The van der Waals surface area contributed by atoms with Crippen LogP contribution in [0.4, 0.5) is 11.5 Å². The van der Waals surface area contributed by atoms with E-state index in [1.807, 2.05) is 35.2 Å². The highest BCUT2D eigenvalue weighted by Crippen LogP contribution is 2.38. The van der Waals surface area contributed by atoms with Crippen LogP contribution in [0.25, 0.3) is 10.2 Å². The van der Waals surface area contributed by atoms with Gasteiger partial charge in [0.05, 0.1) is 11.9 Å². The van der Waals surface area contributed by atoms with Gasteiger partial charge in [-0.25, -0.2) is 9.97 Å². The van der Waals surface area contributed by atoms with Crippen LogP contribution in [-0.4, -0.2) is 51.9 Å². The monoisotopic (exact) mass is 443 g/mol. The molecule has 162 valence electrons. The molecule has 4 heterocycles. The van der Waals surface area contributed by atoms with Gasteiger partial charge in [-0.15, -0.1) is 17.8 Å². The number of thiophene rings is 1. The Hall–Kier alpha value is -3.21. The summed E-state index contributed by atoms with van der Waals surface area (Å²) in [6.45, 7) is 4.46. The first-order valence-corrected chi connectivity index (χ1v) is 11.8. The molecular formula is C25H25N5OS. The van der Waals surface area contributed by atoms with Gasteiger partial charge < -0.3 is 10.2 Å². The van der Waals surface area contributed by atoms with Crippen LogP contribution in [0.1, 0.15) is 28.8 Å². The minimum atomic E-state index is 0.0860. The number of likely N-dealkylation sites (tertiary alicyclic amines) is 1. The third-order valence-corrected chi connectivity index (χ3v) is 7.19. The highest BCUT2D eigenvalue weighted by molar-refractivity contribution is 7.19. The number of nitrogens with zero attached hydrogens (tertiary/aromatic N) is 4. The number of amides is 1. The molecule has 1 aromatic carbocycles. The fraction of sp³-hybridized carbons (Fsp3) is 0.320. The molecule has 1 amide bonds. The molecule has 2 aromatic heterocycles. The summed E-state index contributed by atoms with van der Waals surface area (Å²) in [6.07, 6.45) is 14.2. The number of anilines is 2. The van der Waals surface area contributed by atoms with E-state index in [0.717, 1.165) is 53.3 Å². The third-order valence-electron chi connectivity index (χ3n) is 6.06. The predicted octanol–water partition coefficient (Wildman–Crippen LogP) is 3.95. The minimum Gasteiger partial charge on any atom is -0.340 e. The van der Waals surface area contributed by atoms with Crippen LogP contribution in [0.15, 0.2) is 42.7 Å². The van der Waals surface area contributed by atoms with E-state index >= 15 is 0 Å². The zero-order valence-corrected chi connectivity index (χ0v) is 18.7. The Morgan fingerprint density at radius 3 is 2.97 bits per heavy atom. The molecule has 1 N–H and O–H groups in total. The summed E-state index contributed by atoms with van der Waals surface area (Å²) >= 11 is 1.65. The average molecular weight is 444 g/mol. The first-order chi connectivity index (χ1) is 15.7. The number of carbonyl (C=O) groups excluding carboxylic acids is 1. The van der Waals surface area contributed by atoms with Crippen molar-refractivity contribution < 1.29 is 4.79 Å². The number of terminal acetylenes is 1. The summed E-state index contributed by atoms with van der Waals surface area (Å²) in [6, 6.07) is 7.74. The highest BCUT2D eigenvalue weighted by Gasteiger charge is 2.25. The minimum absolute atomic E-state index is 0.0860. The number of aromatic nitrogens is 2. The van der Waals surface area contributed by atoms with E-state index in [4.69, 9.17) is 6.42 Å². The molecule has 0 radical (unpaired) electrons. The molecule has 0 saturated carbocycles. The smallest absolute Gasteiger partial charge is 0.246 e. The normalized spacial score (nSPS) is 16.4. The summed E-state index contributed by atoms with van der Waals surface area (Å²) in [7, 11) is 0. The van der Waals surface area contributed by atoms with Crippen molar-refractivity contribution in [2.75, 3.05) is 31.5 Å². The van der Waals surface area contributed by atoms with Gasteiger partial charge in [0.25, 0.3) is 0 Å². The fourth-order valence-corrected chi connectivity index (χ4v) is 5.61. The molecular weight excluding hydrogens is 418 g/mol. The Morgan fingerprint density at radius 2 is 2.12 bits per heavy atom. The Bertz CT molecular complexity index is 1220. The van der Waals surface area contributed by atoms with Gasteiger partial charge in [0.2, 0.25) is 5.91 Å². The van der Waals surface area contributed by atoms with Gasteiger partial charge in [0, 0.05) is 35.3 Å². The molecule has 2 aliphatic rings. The van der Waals surface area contributed by atoms with E-state index in [1.165, 1.54) is 23.3 Å². The van der Waals surface area contributed by atoms with Crippen LogP contribution < -0.4 is 5.32 Å². The zero-order valence-electron chi connectivity index (χ0n) is 17.9. The molecule has 6 nitrogen and oxygen atoms in total. The molecule has 2 aliphatic heterocycles. The van der Waals surface area contributed by atoms with Crippen LogP contribution in [0.3, 0.4) is 0 Å². The van der Waals surface area contributed by atoms with Crippen molar-refractivity contribution in [3.8, 4) is 12.3 Å². The molecule has 0 unspecified atom stereocenters. The van der Waals surface area contributed by atoms with Gasteiger partial charge in [-0.1, -0.05) is 18.1 Å². The lowest BCUT2D eigenvalue weighted by molar-refractivity contribution is -0.126. The summed E-state index contributed by atoms with van der Waals surface area (Å²) in [5.74, 6) is 3.53. The van der Waals surface area contributed by atoms with E-state index in [9.17, 15) is 4.79 Å². The predicted molar refractivity (Wildman–Crippen MR) is 129 cm³/mol. The second-order valence-electron chi connectivity index (χ2n) is 8.18. The molecule has 32 heavy (non-hydrogen) atoms. The molecule has 0 bridgehead atoms. The molecule has 7 heteroatoms. The van der Waals surface area contributed by atoms with Crippen molar-refractivity contribution in [1.29, 1.82) is 0 Å². The van der Waals surface area contributed by atoms with Gasteiger partial charge in [-0.05, 0) is 56.1 Å². The Kier molecular flexibility index (Phi) is 5.89. The molecule has 0 spiro atoms. The quantitative estimate of drug-likeness (QED) is 0.478. The molecule has 0 atom stereocenters. The van der Waals surface area contributed by atoms with Crippen LogP contribution >= 0.6 is 11.3 Å². The second kappa shape index (κ2) is 9.11. The van der Waals surface area contributed by atoms with Gasteiger partial charge in [0.1, 0.15) is 17.0 Å². The Labute approximate surface area is 192 Å². The van der Waals surface area contributed by atoms with Gasteiger partial charge in [-0.2, -0.15) is 0 Å². The van der Waals surface area contributed by atoms with Crippen molar-refractivity contribution in [3.63, 3.8) is 0 Å². The number of nitrogens with one attached hydrogen (secondary N) is 1. The van der Waals surface area contributed by atoms with Crippen LogP contribution in [0, 0.1) is 12.3 Å². The number of hydrogen-bond donors (Lipinski definition) is 1. The Morgan fingerprint density at radius 1 is 1.25 bits per heavy atom. The van der Waals surface area contributed by atoms with Crippen molar-refractivity contribution in [3.05, 3.63) is 58.7 Å². The van der Waals surface area contributed by atoms with E-state index in [1.54, 1.807) is 23.7 Å². The van der Waals surface area contributed by atoms with Gasteiger partial charge in [-0.3, -0.25) is 9.69 Å². The topological polar surface area (TPSA) is 61.4 Å². The van der Waals surface area contributed by atoms with Crippen molar-refractivity contribution in [1.82, 2.24) is 19.8 Å². The molecule has 0 aliphatic carbocycles. The number of fused-ring (bicyclic) bond motifs is 3. The maximum Gasteiger partial charge on any atom is 0.246 e. The number of carbonyl (C=O) groups is 1. The lowest BCUT2D eigenvalue weighted by Gasteiger charge is -2.26. The van der Waals surface area contributed by atoms with Gasteiger partial charge >= 0.3 is 0 Å². The number of benzene rings is 1. The van der Waals surface area contributed by atoms with E-state index in [2.05, 4.69) is 26.1 Å². The zero-order chi connectivity index (χ0) is 21.9. The van der Waals surface area contributed by atoms with E-state index in [0.29, 0.717) is 13.1 Å². The largest absolute Gasteiger partial charge is 0.340 e. The third kappa shape index (κ3) is 4.24. The molecule has 1 saturated heterocycles. The standard InChI is InChI=1S/C25H25N5OS/c1-2-18-7-5-8-19(15-18)28-24-23-20-10-14-30(16-21(20)32-25(23)27-17-26-24)22(31)9-6-13-29-11-3-4-12-29/h1,5-9,15,17H,3-4,10-14,16H2,(H,26,27,28)/b9-6+. The fourth-order valence-electron chi connectivity index (χ4n) is 4.41. The number of rotatable bonds is 5. The SMILES string of the molecule is C#Cc1cccc(Nc2ncnc3sc4c(c23)CCN(C(=O)/C=C/CN2CCCC2)C4)c1. The maximum absolute atomic E-state index is 12.7. The highest BCUT2D eigenvalue weighted by atomic mass is 32.1. The van der Waals surface area contributed by atoms with Crippen molar-refractivity contribution >= 4 is 39.0 Å². The van der Waals surface area contributed by atoms with Crippen LogP contribution in [-0.2, 0) is 17.8 Å². The summed E-state index contributed by atoms with van der Waals surface area (Å²) < 4.78 is 0. The number of hydrogen-bond acceptors (Lipinski definition) is 6. The molecule has 3 aromatic rings. The summed E-state index contributed by atoms with van der Waals surface area (Å²) in [5.41, 5.74) is 2.96. The van der Waals surface area contributed by atoms with Crippen LogP contribution in [0.5, 0.6) is 0 Å². The Balaban J connectivity index is 1.34. The maximum atomic E-state index is 12.7. The first kappa shape index (κ1) is 20.7. The lowest BCUT2D eigenvalue weighted by Crippen LogP contribution is -2.34. The summed E-state index contributed by atoms with van der Waals surface area (Å²) in [5, 5.41) is 4.46. The van der Waals surface area contributed by atoms with E-state index in [-0.39, 0.29) is 5.91 Å².